The van der Waals surface area contributed by atoms with Crippen molar-refractivity contribution < 1.29 is 21.9 Å². The maximum atomic E-state index is 12.5. The molecule has 0 aromatic heterocycles. The van der Waals surface area contributed by atoms with Crippen LogP contribution < -0.4 is 0 Å². The van der Waals surface area contributed by atoms with Gasteiger partial charge >= 0.3 is 14.8 Å². The van der Waals surface area contributed by atoms with Crippen LogP contribution in [-0.4, -0.2) is 45.0 Å². The Morgan fingerprint density at radius 3 is 1.41 bits per heavy atom. The topological polar surface area (TPSA) is 54.0 Å². The Kier molecular flexibility index (Phi) is 9.17. The lowest BCUT2D eigenvalue weighted by Gasteiger charge is -2.50. The largest absolute Gasteiger partial charge is 0.515 e. The number of carbonyl (C=O) groups excluding carboxylic acids is 1. The van der Waals surface area contributed by atoms with Gasteiger partial charge in [-0.2, -0.15) is 0 Å². The molecule has 0 aliphatic heterocycles. The maximum Gasteiger partial charge on any atom is 0.515 e. The summed E-state index contributed by atoms with van der Waals surface area (Å²) < 4.78 is 26.4. The fourth-order valence-corrected chi connectivity index (χ4v) is 17.3. The summed E-state index contributed by atoms with van der Waals surface area (Å²) in [6, 6.07) is 0. The monoisotopic (exact) mass is 450 g/mol. The SMILES string of the molecule is C=C(C)C(=O)OC(C)(CCC)[Si](O[Si](C)(C)C)(O[Si](C)(C)C)O[Si](C)(C)C. The first-order valence-corrected chi connectivity index (χ1v) is 21.7. The lowest BCUT2D eigenvalue weighted by Crippen LogP contribution is -2.73. The van der Waals surface area contributed by atoms with E-state index in [1.807, 2.05) is 6.92 Å². The van der Waals surface area contributed by atoms with Crippen LogP contribution in [-0.2, 0) is 21.9 Å². The van der Waals surface area contributed by atoms with Crippen LogP contribution in [0.1, 0.15) is 33.6 Å². The van der Waals surface area contributed by atoms with Crippen LogP contribution in [0.5, 0.6) is 0 Å². The second-order valence-electron chi connectivity index (χ2n) is 10.4. The molecule has 0 bridgehead atoms. The molecule has 5 nitrogen and oxygen atoms in total. The molecule has 0 aromatic carbocycles. The molecule has 0 aliphatic rings. The van der Waals surface area contributed by atoms with Crippen LogP contribution in [0.15, 0.2) is 12.2 Å². The molecule has 0 amide bonds. The molecule has 0 N–H and O–H groups in total. The number of carbonyl (C=O) groups is 1. The van der Waals surface area contributed by atoms with Crippen LogP contribution >= 0.6 is 0 Å². The fourth-order valence-electron chi connectivity index (χ4n) is 2.63. The van der Waals surface area contributed by atoms with Crippen LogP contribution in [0.25, 0.3) is 0 Å². The Morgan fingerprint density at radius 1 is 0.852 bits per heavy atom. The van der Waals surface area contributed by atoms with Gasteiger partial charge in [0, 0.05) is 5.57 Å². The van der Waals surface area contributed by atoms with Crippen molar-refractivity contribution in [3.63, 3.8) is 0 Å². The van der Waals surface area contributed by atoms with E-state index in [-0.39, 0.29) is 0 Å². The highest BCUT2D eigenvalue weighted by atomic mass is 28.5. The molecule has 0 aliphatic carbocycles. The summed E-state index contributed by atoms with van der Waals surface area (Å²) in [7, 11) is -9.58. The molecule has 0 heterocycles. The zero-order valence-corrected chi connectivity index (χ0v) is 23.7. The van der Waals surface area contributed by atoms with Crippen molar-refractivity contribution in [3.8, 4) is 0 Å². The number of rotatable bonds is 11. The number of hydrogen-bond donors (Lipinski definition) is 0. The van der Waals surface area contributed by atoms with E-state index in [0.717, 1.165) is 6.42 Å². The molecule has 0 spiro atoms. The lowest BCUT2D eigenvalue weighted by molar-refractivity contribution is -0.151. The van der Waals surface area contributed by atoms with Gasteiger partial charge < -0.3 is 17.1 Å². The van der Waals surface area contributed by atoms with Gasteiger partial charge in [-0.25, -0.2) is 4.79 Å². The zero-order valence-electron chi connectivity index (χ0n) is 19.7. The molecule has 0 aromatic rings. The van der Waals surface area contributed by atoms with Crippen molar-refractivity contribution >= 4 is 39.7 Å². The minimum Gasteiger partial charge on any atom is -0.452 e. The van der Waals surface area contributed by atoms with E-state index in [9.17, 15) is 4.79 Å². The third kappa shape index (κ3) is 9.33. The van der Waals surface area contributed by atoms with Gasteiger partial charge in [0.2, 0.25) is 0 Å². The minimum atomic E-state index is -3.38. The van der Waals surface area contributed by atoms with Crippen LogP contribution in [0, 0.1) is 0 Å². The van der Waals surface area contributed by atoms with Crippen molar-refractivity contribution in [1.82, 2.24) is 0 Å². The molecule has 0 saturated carbocycles. The molecule has 160 valence electrons. The second kappa shape index (κ2) is 9.18. The molecule has 27 heavy (non-hydrogen) atoms. The first-order chi connectivity index (χ1) is 11.8. The third-order valence-corrected chi connectivity index (χ3v) is 15.6. The van der Waals surface area contributed by atoms with E-state index < -0.39 is 45.0 Å². The molecule has 0 radical (unpaired) electrons. The van der Waals surface area contributed by atoms with E-state index in [2.05, 4.69) is 72.4 Å². The Bertz CT molecular complexity index is 491. The van der Waals surface area contributed by atoms with Gasteiger partial charge in [-0.3, -0.25) is 0 Å². The van der Waals surface area contributed by atoms with E-state index in [1.54, 1.807) is 6.92 Å². The van der Waals surface area contributed by atoms with Gasteiger partial charge in [0.15, 0.2) is 30.2 Å². The summed E-state index contributed by atoms with van der Waals surface area (Å²) >= 11 is 0. The standard InChI is InChI=1S/C18H42O5Si4/c1-14-15-18(4,20-17(19)16(2)3)27(21-24(5,6)7,22-25(8,9)10)23-26(11,12)13/h2,14-15H2,1,3-13H3. The van der Waals surface area contributed by atoms with Crippen molar-refractivity contribution in [1.29, 1.82) is 0 Å². The van der Waals surface area contributed by atoms with Gasteiger partial charge in [0.05, 0.1) is 0 Å². The molecule has 9 heteroatoms. The Hall–Kier alpha value is -0.0425. The van der Waals surface area contributed by atoms with Gasteiger partial charge in [-0.15, -0.1) is 0 Å². The van der Waals surface area contributed by atoms with Gasteiger partial charge in [0.25, 0.3) is 0 Å². The molecule has 0 fully saturated rings. The van der Waals surface area contributed by atoms with Crippen LogP contribution in [0.2, 0.25) is 58.9 Å². The predicted molar refractivity (Wildman–Crippen MR) is 123 cm³/mol. The third-order valence-electron chi connectivity index (χ3n) is 3.36. The Morgan fingerprint density at radius 2 is 1.19 bits per heavy atom. The van der Waals surface area contributed by atoms with E-state index >= 15 is 0 Å². The molecular formula is C18H42O5Si4. The summed E-state index contributed by atoms with van der Waals surface area (Å²) in [6.45, 7) is 28.6. The van der Waals surface area contributed by atoms with Crippen molar-refractivity contribution in [2.45, 2.75) is 97.8 Å². The van der Waals surface area contributed by atoms with Gasteiger partial charge in [-0.05, 0) is 79.2 Å². The van der Waals surface area contributed by atoms with Gasteiger partial charge in [-0.1, -0.05) is 19.9 Å². The highest BCUT2D eigenvalue weighted by Gasteiger charge is 2.65. The van der Waals surface area contributed by atoms with E-state index in [1.165, 1.54) is 0 Å². The molecular weight excluding hydrogens is 409 g/mol. The van der Waals surface area contributed by atoms with Crippen molar-refractivity contribution in [3.05, 3.63) is 12.2 Å². The first-order valence-electron chi connectivity index (χ1n) is 9.75. The average molecular weight is 451 g/mol. The highest BCUT2D eigenvalue weighted by molar-refractivity contribution is 6.91. The number of esters is 1. The number of hydrogen-bond acceptors (Lipinski definition) is 5. The Labute approximate surface area is 171 Å². The second-order valence-corrected chi connectivity index (χ2v) is 27.6. The Balaban J connectivity index is 6.62. The van der Waals surface area contributed by atoms with Crippen molar-refractivity contribution in [2.75, 3.05) is 0 Å². The predicted octanol–water partition coefficient (Wildman–Crippen LogP) is 5.70. The summed E-state index contributed by atoms with van der Waals surface area (Å²) in [5, 5.41) is -0.946. The zero-order chi connectivity index (χ0) is 21.9. The van der Waals surface area contributed by atoms with Crippen LogP contribution in [0.4, 0.5) is 0 Å². The number of ether oxygens (including phenoxy) is 1. The van der Waals surface area contributed by atoms with E-state index in [0.29, 0.717) is 12.0 Å². The first kappa shape index (κ1) is 27.0. The smallest absolute Gasteiger partial charge is 0.452 e. The summed E-state index contributed by atoms with van der Waals surface area (Å²) in [5.41, 5.74) is 0.370. The highest BCUT2D eigenvalue weighted by Crippen LogP contribution is 2.39. The molecule has 1 atom stereocenters. The van der Waals surface area contributed by atoms with Crippen molar-refractivity contribution in [2.24, 2.45) is 0 Å². The summed E-state index contributed by atoms with van der Waals surface area (Å²) in [5.74, 6) is -0.416. The molecule has 1 unspecified atom stereocenters. The fraction of sp³-hybridized carbons (Fsp3) is 0.833. The maximum absolute atomic E-state index is 12.5. The normalized spacial score (nSPS) is 16.0. The minimum absolute atomic E-state index is 0.370. The lowest BCUT2D eigenvalue weighted by atomic mass is 10.2. The van der Waals surface area contributed by atoms with Gasteiger partial charge in [0.1, 0.15) is 0 Å². The molecule has 0 saturated heterocycles. The van der Waals surface area contributed by atoms with Crippen LogP contribution in [0.3, 0.4) is 0 Å². The average Bonchev–Trinajstić information content (AvgIpc) is 2.31. The quantitative estimate of drug-likeness (QED) is 0.230. The summed E-state index contributed by atoms with van der Waals surface area (Å²) in [6.07, 6.45) is 1.45. The molecule has 0 rings (SSSR count). The van der Waals surface area contributed by atoms with E-state index in [4.69, 9.17) is 17.1 Å². The summed E-state index contributed by atoms with van der Waals surface area (Å²) in [4.78, 5) is 12.5.